The molecule has 0 atom stereocenters. The van der Waals surface area contributed by atoms with Gasteiger partial charge in [-0.3, -0.25) is 4.79 Å². The molecule has 0 aliphatic rings. The van der Waals surface area contributed by atoms with E-state index in [0.717, 1.165) is 11.0 Å². The Morgan fingerprint density at radius 2 is 2.04 bits per heavy atom. The van der Waals surface area contributed by atoms with Crippen molar-refractivity contribution in [2.75, 3.05) is 12.9 Å². The summed E-state index contributed by atoms with van der Waals surface area (Å²) in [6.45, 7) is 0. The minimum Gasteiger partial charge on any atom is -0.539 e. The van der Waals surface area contributed by atoms with Crippen LogP contribution in [0, 0.1) is 0 Å². The van der Waals surface area contributed by atoms with Gasteiger partial charge < -0.3 is 19.4 Å². The lowest BCUT2D eigenvalue weighted by Gasteiger charge is -1.99. The van der Waals surface area contributed by atoms with E-state index in [4.69, 9.17) is 9.26 Å². The molecule has 2 aromatic heterocycles. The Labute approximate surface area is 157 Å². The number of aromatic amines is 1. The molecular formula is C18H14N4O4S. The summed E-state index contributed by atoms with van der Waals surface area (Å²) in [5, 5.41) is 16.3. The zero-order valence-electron chi connectivity index (χ0n) is 14.2. The second-order valence-electron chi connectivity index (χ2n) is 5.59. The maximum Gasteiger partial charge on any atom is 0.307 e. The van der Waals surface area contributed by atoms with E-state index in [-0.39, 0.29) is 11.4 Å². The molecule has 0 aliphatic carbocycles. The summed E-state index contributed by atoms with van der Waals surface area (Å²) in [7, 11) is 1.55. The van der Waals surface area contributed by atoms with Crippen LogP contribution in [-0.2, 0) is 0 Å². The maximum atomic E-state index is 12.6. The quantitative estimate of drug-likeness (QED) is 0.308. The molecule has 0 saturated heterocycles. The zero-order chi connectivity index (χ0) is 18.8. The Balaban J connectivity index is 1.55. The molecule has 4 rings (SSSR count). The lowest BCUT2D eigenvalue weighted by atomic mass is 10.2. The predicted octanol–water partition coefficient (Wildman–Crippen LogP) is 1.88. The fourth-order valence-corrected chi connectivity index (χ4v) is 3.33. The molecule has 9 heteroatoms. The summed E-state index contributed by atoms with van der Waals surface area (Å²) in [4.78, 5) is 20.2. The number of nitrogens with zero attached hydrogens (tertiary/aromatic N) is 3. The lowest BCUT2D eigenvalue weighted by Crippen LogP contribution is -2.39. The van der Waals surface area contributed by atoms with Crippen LogP contribution in [0.1, 0.15) is 10.5 Å². The van der Waals surface area contributed by atoms with Gasteiger partial charge in [-0.15, -0.1) is 0 Å². The number of methoxy groups -OCH3 is 1. The standard InChI is InChI=1S/C18H14N4O4S/c1-25-12-8-6-11(7-9-12)22-16(17(24)26-21-22)15(23)10-27-18-19-13-4-2-3-5-14(13)20-18/h2-9H,10H2,1H3,(H-,19,20,21,23,24). The van der Waals surface area contributed by atoms with Crippen molar-refractivity contribution in [2.45, 2.75) is 5.16 Å². The summed E-state index contributed by atoms with van der Waals surface area (Å²) in [6, 6.07) is 14.4. The maximum absolute atomic E-state index is 12.6. The average molecular weight is 382 g/mol. The molecule has 8 nitrogen and oxygen atoms in total. The first kappa shape index (κ1) is 17.1. The Morgan fingerprint density at radius 3 is 2.78 bits per heavy atom. The van der Waals surface area contributed by atoms with Gasteiger partial charge in [0.05, 0.1) is 29.2 Å². The van der Waals surface area contributed by atoms with Crippen molar-refractivity contribution >= 4 is 28.6 Å². The molecule has 4 aromatic rings. The SMILES string of the molecule is COc1ccc(-[n+]2noc([O-])c2C(=O)CSc2nc3ccccc3[nH]2)cc1. The minimum absolute atomic E-state index is 0.0203. The first-order chi connectivity index (χ1) is 13.2. The highest BCUT2D eigenvalue weighted by atomic mass is 32.2. The Hall–Kier alpha value is -3.33. The van der Waals surface area contributed by atoms with Crippen molar-refractivity contribution in [2.24, 2.45) is 0 Å². The van der Waals surface area contributed by atoms with Gasteiger partial charge in [0.1, 0.15) is 5.75 Å². The number of H-pyrrole nitrogens is 1. The lowest BCUT2D eigenvalue weighted by molar-refractivity contribution is -0.672. The highest BCUT2D eigenvalue weighted by Gasteiger charge is 2.27. The third kappa shape index (κ3) is 3.36. The first-order valence-electron chi connectivity index (χ1n) is 8.00. The van der Waals surface area contributed by atoms with Crippen molar-refractivity contribution in [1.82, 2.24) is 15.2 Å². The van der Waals surface area contributed by atoms with Crippen molar-refractivity contribution in [1.29, 1.82) is 0 Å². The van der Waals surface area contributed by atoms with E-state index in [1.807, 2.05) is 24.3 Å². The van der Waals surface area contributed by atoms with Gasteiger partial charge >= 0.3 is 5.69 Å². The molecule has 136 valence electrons. The normalized spacial score (nSPS) is 11.0. The van der Waals surface area contributed by atoms with Crippen LogP contribution in [0.4, 0.5) is 0 Å². The fraction of sp³-hybridized carbons (Fsp3) is 0.111. The number of aromatic nitrogens is 4. The fourth-order valence-electron chi connectivity index (χ4n) is 2.58. The third-order valence-corrected chi connectivity index (χ3v) is 4.77. The number of carbonyl (C=O) groups is 1. The molecule has 0 saturated carbocycles. The van der Waals surface area contributed by atoms with Gasteiger partial charge in [0.15, 0.2) is 11.1 Å². The number of imidazole rings is 1. The van der Waals surface area contributed by atoms with Gasteiger partial charge in [-0.1, -0.05) is 23.9 Å². The second-order valence-corrected chi connectivity index (χ2v) is 6.55. The molecule has 0 bridgehead atoms. The number of nitrogens with one attached hydrogen (secondary N) is 1. The largest absolute Gasteiger partial charge is 0.539 e. The number of rotatable bonds is 6. The zero-order valence-corrected chi connectivity index (χ0v) is 15.0. The molecule has 2 aromatic carbocycles. The first-order valence-corrected chi connectivity index (χ1v) is 8.98. The highest BCUT2D eigenvalue weighted by molar-refractivity contribution is 7.99. The molecule has 0 fully saturated rings. The number of fused-ring (bicyclic) bond motifs is 1. The van der Waals surface area contributed by atoms with Gasteiger partial charge in [0, 0.05) is 12.1 Å². The average Bonchev–Trinajstić information content (AvgIpc) is 3.29. The van der Waals surface area contributed by atoms with Gasteiger partial charge in [0.2, 0.25) is 11.5 Å². The molecule has 0 amide bonds. The van der Waals surface area contributed by atoms with E-state index < -0.39 is 11.7 Å². The number of Topliss-reactive ketones (excluding diaryl/α,β-unsaturated/α-hetero) is 1. The van der Waals surface area contributed by atoms with Gasteiger partial charge in [0.25, 0.3) is 0 Å². The van der Waals surface area contributed by atoms with Crippen molar-refractivity contribution in [3.8, 4) is 17.4 Å². The highest BCUT2D eigenvalue weighted by Crippen LogP contribution is 2.21. The van der Waals surface area contributed by atoms with Crippen molar-refractivity contribution < 1.29 is 23.8 Å². The van der Waals surface area contributed by atoms with Gasteiger partial charge in [-0.2, -0.15) is 0 Å². The van der Waals surface area contributed by atoms with Crippen LogP contribution < -0.4 is 14.5 Å². The van der Waals surface area contributed by atoms with Gasteiger partial charge in [-0.05, 0) is 28.9 Å². The van der Waals surface area contributed by atoms with Crippen LogP contribution in [0.2, 0.25) is 0 Å². The second kappa shape index (κ2) is 7.12. The number of thioether (sulfide) groups is 1. The van der Waals surface area contributed by atoms with Crippen LogP contribution in [0.25, 0.3) is 16.7 Å². The van der Waals surface area contributed by atoms with E-state index in [1.54, 1.807) is 31.4 Å². The number of hydrogen-bond acceptors (Lipinski definition) is 7. The smallest absolute Gasteiger partial charge is 0.307 e. The summed E-state index contributed by atoms with van der Waals surface area (Å²) < 4.78 is 11.0. The van der Waals surface area contributed by atoms with Crippen molar-refractivity contribution in [3.05, 3.63) is 54.2 Å². The van der Waals surface area contributed by atoms with Crippen molar-refractivity contribution in [3.63, 3.8) is 0 Å². The molecule has 2 heterocycles. The summed E-state index contributed by atoms with van der Waals surface area (Å²) in [6.07, 6.45) is 0. The summed E-state index contributed by atoms with van der Waals surface area (Å²) in [5.41, 5.74) is 2.09. The third-order valence-electron chi connectivity index (χ3n) is 3.90. The minimum atomic E-state index is -0.777. The van der Waals surface area contributed by atoms with E-state index >= 15 is 0 Å². The molecule has 0 spiro atoms. The summed E-state index contributed by atoms with van der Waals surface area (Å²) >= 11 is 1.21. The van der Waals surface area contributed by atoms with E-state index in [9.17, 15) is 9.90 Å². The Bertz CT molecular complexity index is 1070. The summed E-state index contributed by atoms with van der Waals surface area (Å²) in [5.74, 6) is -0.506. The monoisotopic (exact) mass is 382 g/mol. The molecule has 0 aliphatic heterocycles. The van der Waals surface area contributed by atoms with Crippen LogP contribution >= 0.6 is 11.8 Å². The number of ether oxygens (including phenoxy) is 1. The Morgan fingerprint density at radius 1 is 1.26 bits per heavy atom. The molecule has 1 N–H and O–H groups in total. The number of carbonyl (C=O) groups excluding carboxylic acids is 1. The van der Waals surface area contributed by atoms with E-state index in [0.29, 0.717) is 16.6 Å². The number of benzene rings is 2. The molecule has 0 unspecified atom stereocenters. The van der Waals surface area contributed by atoms with Crippen LogP contribution in [-0.4, -0.2) is 33.9 Å². The van der Waals surface area contributed by atoms with Crippen LogP contribution in [0.15, 0.2) is 58.2 Å². The molecule has 0 radical (unpaired) electrons. The number of hydrogen-bond donors (Lipinski definition) is 1. The van der Waals surface area contributed by atoms with Crippen LogP contribution in [0.5, 0.6) is 11.7 Å². The van der Waals surface area contributed by atoms with Crippen LogP contribution in [0.3, 0.4) is 0 Å². The number of ketones is 1. The number of para-hydroxylation sites is 2. The predicted molar refractivity (Wildman–Crippen MR) is 95.2 cm³/mol. The Kier molecular flexibility index (Phi) is 4.51. The topological polar surface area (TPSA) is 108 Å². The van der Waals surface area contributed by atoms with E-state index in [2.05, 4.69) is 15.2 Å². The van der Waals surface area contributed by atoms with E-state index in [1.165, 1.54) is 16.4 Å². The van der Waals surface area contributed by atoms with Gasteiger partial charge in [-0.25, -0.2) is 4.98 Å². The molecular weight excluding hydrogens is 368 g/mol. The molecule has 27 heavy (non-hydrogen) atoms.